The van der Waals surface area contributed by atoms with Crippen LogP contribution in [0.5, 0.6) is 0 Å². The Hall–Kier alpha value is -2.77. The number of thioether (sulfide) groups is 2. The molecule has 0 N–H and O–H groups in total. The molecule has 30 heavy (non-hydrogen) atoms. The summed E-state index contributed by atoms with van der Waals surface area (Å²) in [6.07, 6.45) is 1.78. The van der Waals surface area contributed by atoms with Gasteiger partial charge in [0, 0.05) is 29.6 Å². The molecule has 0 aliphatic carbocycles. The fraction of sp³-hybridized carbons (Fsp3) is 0.174. The predicted molar refractivity (Wildman–Crippen MR) is 126 cm³/mol. The molecule has 1 aromatic heterocycles. The molecule has 0 unspecified atom stereocenters. The van der Waals surface area contributed by atoms with Crippen molar-refractivity contribution >= 4 is 56.9 Å². The number of rotatable bonds is 3. The second-order valence-electron chi connectivity index (χ2n) is 6.84. The van der Waals surface area contributed by atoms with Gasteiger partial charge in [0.2, 0.25) is 0 Å². The summed E-state index contributed by atoms with van der Waals surface area (Å²) in [4.78, 5) is 28.5. The lowest BCUT2D eigenvalue weighted by Crippen LogP contribution is -2.29. The number of para-hydroxylation sites is 1. The van der Waals surface area contributed by atoms with Gasteiger partial charge in [-0.25, -0.2) is 4.99 Å². The average Bonchev–Trinajstić information content (AvgIpc) is 3.30. The summed E-state index contributed by atoms with van der Waals surface area (Å²) in [5, 5.41) is 2.70. The van der Waals surface area contributed by atoms with Gasteiger partial charge in [0.25, 0.3) is 5.91 Å². The van der Waals surface area contributed by atoms with Gasteiger partial charge in [0.05, 0.1) is 16.9 Å². The molecule has 2 aliphatic heterocycles. The lowest BCUT2D eigenvalue weighted by atomic mass is 10.2. The molecule has 1 fully saturated rings. The molecule has 5 rings (SSSR count). The van der Waals surface area contributed by atoms with E-state index in [1.54, 1.807) is 22.9 Å². The zero-order valence-electron chi connectivity index (χ0n) is 16.7. The largest absolute Gasteiger partial charge is 0.334 e. The highest BCUT2D eigenvalue weighted by Gasteiger charge is 2.38. The minimum absolute atomic E-state index is 0.0216. The van der Waals surface area contributed by atoms with Crippen molar-refractivity contribution in [2.24, 2.45) is 4.99 Å². The maximum Gasteiger partial charge on any atom is 0.269 e. The summed E-state index contributed by atoms with van der Waals surface area (Å²) in [5.41, 5.74) is 2.89. The van der Waals surface area contributed by atoms with Crippen molar-refractivity contribution in [2.75, 3.05) is 18.0 Å². The van der Waals surface area contributed by atoms with Gasteiger partial charge in [0.1, 0.15) is 9.93 Å². The van der Waals surface area contributed by atoms with E-state index < -0.39 is 0 Å². The summed E-state index contributed by atoms with van der Waals surface area (Å²) in [6, 6.07) is 18.1. The SMILES string of the molecule is CCN1C(=O)C(=C2Sc3ccccc3N2CC)SC1=Nc1cccc2ncccc12. The molecule has 0 spiro atoms. The van der Waals surface area contributed by atoms with Crippen LogP contribution < -0.4 is 4.90 Å². The number of hydrogen-bond acceptors (Lipinski definition) is 6. The zero-order valence-corrected chi connectivity index (χ0v) is 18.3. The molecule has 7 heteroatoms. The molecule has 1 saturated heterocycles. The predicted octanol–water partition coefficient (Wildman–Crippen LogP) is 5.62. The molecular weight excluding hydrogens is 412 g/mol. The number of pyridine rings is 1. The summed E-state index contributed by atoms with van der Waals surface area (Å²) >= 11 is 3.13. The normalized spacial score (nSPS) is 19.9. The summed E-state index contributed by atoms with van der Waals surface area (Å²) in [5.74, 6) is 0.0216. The molecule has 150 valence electrons. The molecule has 3 aromatic rings. The van der Waals surface area contributed by atoms with E-state index in [2.05, 4.69) is 28.9 Å². The number of benzene rings is 2. The minimum Gasteiger partial charge on any atom is -0.334 e. The third-order valence-electron chi connectivity index (χ3n) is 5.14. The minimum atomic E-state index is 0.0216. The van der Waals surface area contributed by atoms with E-state index in [4.69, 9.17) is 4.99 Å². The van der Waals surface area contributed by atoms with Crippen LogP contribution in [0.4, 0.5) is 11.4 Å². The highest BCUT2D eigenvalue weighted by atomic mass is 32.2. The number of amidine groups is 1. The highest BCUT2D eigenvalue weighted by molar-refractivity contribution is 8.19. The van der Waals surface area contributed by atoms with Gasteiger partial charge in [-0.3, -0.25) is 14.7 Å². The van der Waals surface area contributed by atoms with Crippen LogP contribution in [0.15, 0.2) is 80.6 Å². The number of anilines is 1. The Balaban J connectivity index is 1.59. The maximum atomic E-state index is 13.3. The van der Waals surface area contributed by atoms with Crippen molar-refractivity contribution in [1.82, 2.24) is 9.88 Å². The number of amides is 1. The molecule has 5 nitrogen and oxygen atoms in total. The van der Waals surface area contributed by atoms with Gasteiger partial charge in [-0.1, -0.05) is 30.0 Å². The lowest BCUT2D eigenvalue weighted by molar-refractivity contribution is -0.122. The van der Waals surface area contributed by atoms with E-state index in [9.17, 15) is 4.79 Å². The summed E-state index contributed by atoms with van der Waals surface area (Å²) in [6.45, 7) is 5.49. The quantitative estimate of drug-likeness (QED) is 0.503. The molecule has 2 aromatic carbocycles. The van der Waals surface area contributed by atoms with Crippen LogP contribution in [0.2, 0.25) is 0 Å². The fourth-order valence-corrected chi connectivity index (χ4v) is 6.15. The summed E-state index contributed by atoms with van der Waals surface area (Å²) in [7, 11) is 0. The molecule has 0 atom stereocenters. The van der Waals surface area contributed by atoms with Crippen LogP contribution in [-0.4, -0.2) is 34.0 Å². The number of likely N-dealkylation sites (N-methyl/N-ethyl adjacent to an activating group) is 1. The van der Waals surface area contributed by atoms with E-state index in [0.29, 0.717) is 11.7 Å². The Morgan fingerprint density at radius 2 is 1.77 bits per heavy atom. The highest BCUT2D eigenvalue weighted by Crippen LogP contribution is 2.50. The second kappa shape index (κ2) is 7.81. The van der Waals surface area contributed by atoms with Gasteiger partial charge in [-0.05, 0) is 62.0 Å². The van der Waals surface area contributed by atoms with Crippen LogP contribution in [-0.2, 0) is 4.79 Å². The van der Waals surface area contributed by atoms with Gasteiger partial charge in [-0.15, -0.1) is 0 Å². The smallest absolute Gasteiger partial charge is 0.269 e. The van der Waals surface area contributed by atoms with Gasteiger partial charge in [0.15, 0.2) is 5.17 Å². The van der Waals surface area contributed by atoms with E-state index in [1.807, 2.05) is 49.4 Å². The molecule has 2 aliphatic rings. The van der Waals surface area contributed by atoms with Crippen molar-refractivity contribution in [3.8, 4) is 0 Å². The Kier molecular flexibility index (Phi) is 5.00. The number of fused-ring (bicyclic) bond motifs is 2. The number of nitrogens with zero attached hydrogens (tertiary/aromatic N) is 4. The van der Waals surface area contributed by atoms with Crippen LogP contribution in [0, 0.1) is 0 Å². The molecule has 1 amide bonds. The van der Waals surface area contributed by atoms with Crippen molar-refractivity contribution in [3.05, 3.63) is 70.7 Å². The van der Waals surface area contributed by atoms with Crippen LogP contribution in [0.3, 0.4) is 0 Å². The molecule has 0 radical (unpaired) electrons. The van der Waals surface area contributed by atoms with Gasteiger partial charge < -0.3 is 4.90 Å². The van der Waals surface area contributed by atoms with Crippen molar-refractivity contribution in [1.29, 1.82) is 0 Å². The molecule has 0 saturated carbocycles. The number of carbonyl (C=O) groups excluding carboxylic acids is 1. The topological polar surface area (TPSA) is 48.8 Å². The first kappa shape index (κ1) is 19.2. The Labute approximate surface area is 183 Å². The van der Waals surface area contributed by atoms with Gasteiger partial charge >= 0.3 is 0 Å². The second-order valence-corrected chi connectivity index (χ2v) is 8.85. The van der Waals surface area contributed by atoms with Crippen LogP contribution in [0.1, 0.15) is 13.8 Å². The maximum absolute atomic E-state index is 13.3. The zero-order chi connectivity index (χ0) is 20.7. The number of carbonyl (C=O) groups is 1. The monoisotopic (exact) mass is 432 g/mol. The third-order valence-corrected chi connectivity index (χ3v) is 7.52. The first-order valence-corrected chi connectivity index (χ1v) is 11.6. The van der Waals surface area contributed by atoms with Gasteiger partial charge in [-0.2, -0.15) is 0 Å². The summed E-state index contributed by atoms with van der Waals surface area (Å²) < 4.78 is 0. The number of hydrogen-bond donors (Lipinski definition) is 0. The van der Waals surface area contributed by atoms with Crippen LogP contribution in [0.25, 0.3) is 10.9 Å². The molecule has 0 bridgehead atoms. The van der Waals surface area contributed by atoms with E-state index in [0.717, 1.165) is 38.8 Å². The first-order valence-electron chi connectivity index (χ1n) is 9.92. The van der Waals surface area contributed by atoms with Crippen molar-refractivity contribution in [2.45, 2.75) is 18.7 Å². The average molecular weight is 433 g/mol. The van der Waals surface area contributed by atoms with E-state index in [-0.39, 0.29) is 5.91 Å². The van der Waals surface area contributed by atoms with E-state index >= 15 is 0 Å². The Bertz CT molecular complexity index is 1220. The molecule has 3 heterocycles. The number of aromatic nitrogens is 1. The fourth-order valence-electron chi connectivity index (χ4n) is 3.70. The standard InChI is InChI=1S/C23H20N4OS2/c1-3-26-18-12-5-6-13-19(18)29-22(26)20-21(28)27(4-2)23(30-20)25-17-11-7-10-16-15(17)9-8-14-24-16/h5-14H,3-4H2,1-2H3. The van der Waals surface area contributed by atoms with Crippen molar-refractivity contribution in [3.63, 3.8) is 0 Å². The Morgan fingerprint density at radius 3 is 2.60 bits per heavy atom. The van der Waals surface area contributed by atoms with Crippen LogP contribution >= 0.6 is 23.5 Å². The van der Waals surface area contributed by atoms with Crippen molar-refractivity contribution < 1.29 is 4.79 Å². The first-order chi connectivity index (χ1) is 14.7. The number of aliphatic imine (C=N–C) groups is 1. The lowest BCUT2D eigenvalue weighted by Gasteiger charge is -2.19. The Morgan fingerprint density at radius 1 is 0.933 bits per heavy atom. The third kappa shape index (κ3) is 3.09. The van der Waals surface area contributed by atoms with E-state index in [1.165, 1.54) is 16.7 Å². The molecular formula is C23H20N4OS2.